The number of methoxy groups -OCH3 is 1. The highest BCUT2D eigenvalue weighted by Gasteiger charge is 2.11. The van der Waals surface area contributed by atoms with Crippen molar-refractivity contribution >= 4 is 54.5 Å². The van der Waals surface area contributed by atoms with E-state index in [1.807, 2.05) is 0 Å². The van der Waals surface area contributed by atoms with Crippen LogP contribution < -0.4 is 5.32 Å². The van der Waals surface area contributed by atoms with Gasteiger partial charge in [-0.1, -0.05) is 11.3 Å². The fourth-order valence-electron chi connectivity index (χ4n) is 1.25. The highest BCUT2D eigenvalue weighted by atomic mass is 79.9. The number of rotatable bonds is 6. The molecular weight excluding hydrogens is 402 g/mol. The molecule has 2 rings (SSSR count). The molecule has 0 bridgehead atoms. The van der Waals surface area contributed by atoms with Crippen LogP contribution in [0.25, 0.3) is 9.88 Å². The molecule has 2 aromatic heterocycles. The molecule has 0 aromatic carbocycles. The minimum atomic E-state index is 0.705. The van der Waals surface area contributed by atoms with Gasteiger partial charge in [0.1, 0.15) is 5.01 Å². The van der Waals surface area contributed by atoms with Gasteiger partial charge in [-0.15, -0.1) is 21.5 Å². The summed E-state index contributed by atoms with van der Waals surface area (Å²) in [7, 11) is 1.69. The van der Waals surface area contributed by atoms with Crippen molar-refractivity contribution in [1.29, 1.82) is 0 Å². The van der Waals surface area contributed by atoms with Crippen molar-refractivity contribution in [1.82, 2.24) is 15.5 Å². The minimum Gasteiger partial charge on any atom is -0.383 e. The van der Waals surface area contributed by atoms with E-state index in [1.165, 1.54) is 0 Å². The maximum Gasteiger partial charge on any atom is 0.157 e. The molecule has 2 aromatic rings. The molecule has 8 heteroatoms. The lowest BCUT2D eigenvalue weighted by molar-refractivity contribution is 0.199. The first-order valence-electron chi connectivity index (χ1n) is 5.18. The predicted molar refractivity (Wildman–Crippen MR) is 82.2 cm³/mol. The largest absolute Gasteiger partial charge is 0.383 e. The topological polar surface area (TPSA) is 47.0 Å². The van der Waals surface area contributed by atoms with Gasteiger partial charge in [0.15, 0.2) is 5.01 Å². The lowest BCUT2D eigenvalue weighted by Crippen LogP contribution is -2.18. The Labute approximate surface area is 130 Å². The molecule has 4 nitrogen and oxygen atoms in total. The van der Waals surface area contributed by atoms with Crippen molar-refractivity contribution in [2.45, 2.75) is 6.54 Å². The number of ether oxygens (including phenoxy) is 1. The molecule has 0 aliphatic rings. The molecule has 0 saturated heterocycles. The van der Waals surface area contributed by atoms with Crippen LogP contribution in [0.15, 0.2) is 14.3 Å². The minimum absolute atomic E-state index is 0.705. The molecule has 18 heavy (non-hydrogen) atoms. The summed E-state index contributed by atoms with van der Waals surface area (Å²) in [6.45, 7) is 2.26. The maximum atomic E-state index is 4.97. The molecule has 2 heterocycles. The summed E-state index contributed by atoms with van der Waals surface area (Å²) in [5, 5.41) is 13.6. The fraction of sp³-hybridized carbons (Fsp3) is 0.400. The standard InChI is InChI=1S/C10H11Br2N3OS2/c1-16-3-2-13-5-8-14-15-10(18-8)7-4-6(11)9(12)17-7/h4,13H,2-3,5H2,1H3. The van der Waals surface area contributed by atoms with Crippen LogP contribution in [-0.2, 0) is 11.3 Å². The number of aromatic nitrogens is 2. The van der Waals surface area contributed by atoms with Gasteiger partial charge in [-0.05, 0) is 37.9 Å². The first-order valence-corrected chi connectivity index (χ1v) is 8.40. The number of hydrogen-bond acceptors (Lipinski definition) is 6. The Hall–Kier alpha value is 0.140. The third-order valence-corrected chi connectivity index (χ3v) is 6.43. The van der Waals surface area contributed by atoms with Crippen molar-refractivity contribution < 1.29 is 4.74 Å². The number of nitrogens with one attached hydrogen (secondary N) is 1. The van der Waals surface area contributed by atoms with Crippen molar-refractivity contribution in [2.75, 3.05) is 20.3 Å². The summed E-state index contributed by atoms with van der Waals surface area (Å²) >= 11 is 10.2. The van der Waals surface area contributed by atoms with Crippen LogP contribution in [0, 0.1) is 0 Å². The monoisotopic (exact) mass is 411 g/mol. The quantitative estimate of drug-likeness (QED) is 0.737. The van der Waals surface area contributed by atoms with Gasteiger partial charge in [0.25, 0.3) is 0 Å². The Morgan fingerprint density at radius 3 is 2.83 bits per heavy atom. The van der Waals surface area contributed by atoms with E-state index in [1.54, 1.807) is 29.8 Å². The zero-order chi connectivity index (χ0) is 13.0. The zero-order valence-corrected chi connectivity index (χ0v) is 14.4. The van der Waals surface area contributed by atoms with Gasteiger partial charge in [-0.2, -0.15) is 0 Å². The number of halogens is 2. The third kappa shape index (κ3) is 3.82. The third-order valence-electron chi connectivity index (χ3n) is 2.08. The lowest BCUT2D eigenvalue weighted by Gasteiger charge is -1.99. The van der Waals surface area contributed by atoms with Crippen LogP contribution >= 0.6 is 54.5 Å². The number of thiophene rings is 1. The van der Waals surface area contributed by atoms with Gasteiger partial charge >= 0.3 is 0 Å². The number of hydrogen-bond donors (Lipinski definition) is 1. The first kappa shape index (κ1) is 14.5. The average molecular weight is 413 g/mol. The highest BCUT2D eigenvalue weighted by molar-refractivity contribution is 9.13. The van der Waals surface area contributed by atoms with Crippen LogP contribution in [-0.4, -0.2) is 30.5 Å². The van der Waals surface area contributed by atoms with Crippen molar-refractivity contribution in [3.8, 4) is 9.88 Å². The van der Waals surface area contributed by atoms with Gasteiger partial charge in [0.05, 0.1) is 15.3 Å². The van der Waals surface area contributed by atoms with E-state index in [2.05, 4.69) is 53.4 Å². The Balaban J connectivity index is 1.97. The van der Waals surface area contributed by atoms with E-state index in [0.29, 0.717) is 6.61 Å². The van der Waals surface area contributed by atoms with Crippen LogP contribution in [0.1, 0.15) is 5.01 Å². The van der Waals surface area contributed by atoms with E-state index in [0.717, 1.165) is 36.2 Å². The Morgan fingerprint density at radius 2 is 2.17 bits per heavy atom. The Kier molecular flexibility index (Phi) is 5.71. The molecular formula is C10H11Br2N3OS2. The SMILES string of the molecule is COCCNCc1nnc(-c2cc(Br)c(Br)s2)s1. The molecule has 0 saturated carbocycles. The molecule has 0 aliphatic heterocycles. The summed E-state index contributed by atoms with van der Waals surface area (Å²) < 4.78 is 7.10. The maximum absolute atomic E-state index is 4.97. The molecule has 0 radical (unpaired) electrons. The Bertz CT molecular complexity index is 495. The molecule has 0 unspecified atom stereocenters. The van der Waals surface area contributed by atoms with Crippen LogP contribution in [0.2, 0.25) is 0 Å². The summed E-state index contributed by atoms with van der Waals surface area (Å²) in [4.78, 5) is 1.12. The molecule has 0 atom stereocenters. The van der Waals surface area contributed by atoms with Crippen molar-refractivity contribution in [2.24, 2.45) is 0 Å². The second kappa shape index (κ2) is 7.06. The second-order valence-electron chi connectivity index (χ2n) is 3.40. The van der Waals surface area contributed by atoms with E-state index < -0.39 is 0 Å². The molecule has 98 valence electrons. The lowest BCUT2D eigenvalue weighted by atomic mass is 10.5. The van der Waals surface area contributed by atoms with Crippen LogP contribution in [0.3, 0.4) is 0 Å². The summed E-state index contributed by atoms with van der Waals surface area (Å²) in [6.07, 6.45) is 0. The smallest absolute Gasteiger partial charge is 0.157 e. The Morgan fingerprint density at radius 1 is 1.33 bits per heavy atom. The molecule has 0 aliphatic carbocycles. The molecule has 0 fully saturated rings. The molecule has 0 amide bonds. The highest BCUT2D eigenvalue weighted by Crippen LogP contribution is 2.39. The van der Waals surface area contributed by atoms with Crippen LogP contribution in [0.4, 0.5) is 0 Å². The number of nitrogens with zero attached hydrogens (tertiary/aromatic N) is 2. The predicted octanol–water partition coefficient (Wildman–Crippen LogP) is 3.53. The van der Waals surface area contributed by atoms with Crippen molar-refractivity contribution in [3.05, 3.63) is 19.3 Å². The second-order valence-corrected chi connectivity index (χ2v) is 7.69. The van der Waals surface area contributed by atoms with Gasteiger partial charge < -0.3 is 10.1 Å². The van der Waals surface area contributed by atoms with Gasteiger partial charge in [-0.25, -0.2) is 0 Å². The van der Waals surface area contributed by atoms with Gasteiger partial charge in [0, 0.05) is 24.7 Å². The van der Waals surface area contributed by atoms with Gasteiger partial charge in [-0.3, -0.25) is 0 Å². The fourth-order valence-corrected chi connectivity index (χ4v) is 4.13. The van der Waals surface area contributed by atoms with Crippen LogP contribution in [0.5, 0.6) is 0 Å². The normalized spacial score (nSPS) is 11.1. The average Bonchev–Trinajstić information content (AvgIpc) is 2.93. The summed E-state index contributed by atoms with van der Waals surface area (Å²) in [5.74, 6) is 0. The molecule has 0 spiro atoms. The van der Waals surface area contributed by atoms with E-state index in [-0.39, 0.29) is 0 Å². The zero-order valence-electron chi connectivity index (χ0n) is 9.57. The van der Waals surface area contributed by atoms with Gasteiger partial charge in [0.2, 0.25) is 0 Å². The summed E-state index contributed by atoms with van der Waals surface area (Å²) in [6, 6.07) is 2.05. The van der Waals surface area contributed by atoms with E-state index in [4.69, 9.17) is 4.74 Å². The van der Waals surface area contributed by atoms with E-state index in [9.17, 15) is 0 Å². The van der Waals surface area contributed by atoms with E-state index >= 15 is 0 Å². The first-order chi connectivity index (χ1) is 8.70. The van der Waals surface area contributed by atoms with Crippen molar-refractivity contribution in [3.63, 3.8) is 0 Å². The molecule has 1 N–H and O–H groups in total. The summed E-state index contributed by atoms with van der Waals surface area (Å²) in [5.41, 5.74) is 0.